The fourth-order valence-corrected chi connectivity index (χ4v) is 4.62. The van der Waals surface area contributed by atoms with Crippen molar-refractivity contribution in [3.8, 4) is 0 Å². The summed E-state index contributed by atoms with van der Waals surface area (Å²) >= 11 is 3.52. The Kier molecular flexibility index (Phi) is 8.50. The molecular weight excluding hydrogens is 442 g/mol. The van der Waals surface area contributed by atoms with Crippen LogP contribution in [0.1, 0.15) is 56.1 Å². The van der Waals surface area contributed by atoms with Crippen LogP contribution in [0.15, 0.2) is 59.1 Å². The Labute approximate surface area is 187 Å². The minimum Gasteiger partial charge on any atom is -0.459 e. The molecule has 0 heterocycles. The van der Waals surface area contributed by atoms with Gasteiger partial charge in [-0.1, -0.05) is 77.7 Å². The smallest absolute Gasteiger partial charge is 0.397 e. The first-order chi connectivity index (χ1) is 14.6. The van der Waals surface area contributed by atoms with E-state index in [1.54, 1.807) is 11.8 Å². The van der Waals surface area contributed by atoms with E-state index in [9.17, 15) is 9.59 Å². The Hall–Kier alpha value is -2.14. The number of amides is 1. The highest BCUT2D eigenvalue weighted by Gasteiger charge is 2.31. The summed E-state index contributed by atoms with van der Waals surface area (Å²) in [6, 6.07) is 18.2. The van der Waals surface area contributed by atoms with Crippen molar-refractivity contribution in [2.45, 2.75) is 51.5 Å². The Morgan fingerprint density at radius 2 is 1.70 bits per heavy atom. The van der Waals surface area contributed by atoms with Crippen molar-refractivity contribution in [1.29, 1.82) is 0 Å². The van der Waals surface area contributed by atoms with Gasteiger partial charge in [0.1, 0.15) is 0 Å². The number of carbonyl (C=O) groups excluding carboxylic acids is 2. The van der Waals surface area contributed by atoms with E-state index in [0.29, 0.717) is 19.0 Å². The van der Waals surface area contributed by atoms with Crippen LogP contribution in [0.25, 0.3) is 0 Å². The molecule has 30 heavy (non-hydrogen) atoms. The second kappa shape index (κ2) is 11.3. The molecule has 2 aromatic carbocycles. The lowest BCUT2D eigenvalue weighted by Gasteiger charge is -2.34. The molecule has 160 valence electrons. The standard InChI is InChI=1S/C25H30BrNO3/c1-2-30-25(29)24(28)27(17-19-9-5-3-6-10-19)18-23(20-11-7-4-8-12-20)21-13-15-22(26)16-14-21/h3,5-6,9-10,13-16,20,23H,2,4,7-8,11-12,17-18H2,1H3. The maximum absolute atomic E-state index is 13.0. The Bertz CT molecular complexity index is 816. The van der Waals surface area contributed by atoms with E-state index in [4.69, 9.17) is 4.74 Å². The molecule has 1 aliphatic rings. The lowest BCUT2D eigenvalue weighted by Crippen LogP contribution is -2.41. The summed E-state index contributed by atoms with van der Waals surface area (Å²) in [5, 5.41) is 0. The van der Waals surface area contributed by atoms with Gasteiger partial charge in [0.2, 0.25) is 0 Å². The summed E-state index contributed by atoms with van der Waals surface area (Å²) in [4.78, 5) is 27.0. The number of esters is 1. The second-order valence-corrected chi connectivity index (χ2v) is 8.86. The van der Waals surface area contributed by atoms with Crippen LogP contribution in [-0.4, -0.2) is 29.9 Å². The van der Waals surface area contributed by atoms with Crippen LogP contribution in [0, 0.1) is 5.92 Å². The summed E-state index contributed by atoms with van der Waals surface area (Å²) in [6.07, 6.45) is 6.05. The number of carbonyl (C=O) groups is 2. The van der Waals surface area contributed by atoms with Crippen LogP contribution < -0.4 is 0 Å². The zero-order valence-electron chi connectivity index (χ0n) is 17.6. The lowest BCUT2D eigenvalue weighted by atomic mass is 9.76. The first-order valence-corrected chi connectivity index (χ1v) is 11.6. The van der Waals surface area contributed by atoms with Crippen LogP contribution >= 0.6 is 15.9 Å². The SMILES string of the molecule is CCOC(=O)C(=O)N(Cc1ccccc1)CC(c1ccc(Br)cc1)C1CCCCC1. The van der Waals surface area contributed by atoms with Crippen LogP contribution in [0.2, 0.25) is 0 Å². The van der Waals surface area contributed by atoms with Crippen LogP contribution in [0.5, 0.6) is 0 Å². The van der Waals surface area contributed by atoms with E-state index < -0.39 is 11.9 Å². The molecule has 0 spiro atoms. The quantitative estimate of drug-likeness (QED) is 0.383. The molecule has 0 radical (unpaired) electrons. The van der Waals surface area contributed by atoms with Gasteiger partial charge in [0.05, 0.1) is 6.61 Å². The van der Waals surface area contributed by atoms with Gasteiger partial charge in [-0.15, -0.1) is 0 Å². The van der Waals surface area contributed by atoms with E-state index >= 15 is 0 Å². The molecule has 4 nitrogen and oxygen atoms in total. The van der Waals surface area contributed by atoms with Crippen molar-refractivity contribution in [1.82, 2.24) is 4.90 Å². The average Bonchev–Trinajstić information content (AvgIpc) is 2.78. The van der Waals surface area contributed by atoms with Crippen molar-refractivity contribution in [2.75, 3.05) is 13.2 Å². The molecule has 1 aliphatic carbocycles. The van der Waals surface area contributed by atoms with Gasteiger partial charge in [0.15, 0.2) is 0 Å². The second-order valence-electron chi connectivity index (χ2n) is 7.95. The van der Waals surface area contributed by atoms with Gasteiger partial charge in [0.25, 0.3) is 0 Å². The zero-order chi connectivity index (χ0) is 21.3. The third kappa shape index (κ3) is 6.18. The molecular formula is C25H30BrNO3. The lowest BCUT2D eigenvalue weighted by molar-refractivity contribution is -0.160. The van der Waals surface area contributed by atoms with E-state index in [1.165, 1.54) is 24.8 Å². The molecule has 0 N–H and O–H groups in total. The third-order valence-corrected chi connectivity index (χ3v) is 6.42. The molecule has 5 heteroatoms. The van der Waals surface area contributed by atoms with Gasteiger partial charge in [-0.2, -0.15) is 0 Å². The van der Waals surface area contributed by atoms with Crippen LogP contribution in [0.3, 0.4) is 0 Å². The summed E-state index contributed by atoms with van der Waals surface area (Å²) < 4.78 is 6.07. The number of hydrogen-bond acceptors (Lipinski definition) is 3. The highest BCUT2D eigenvalue weighted by atomic mass is 79.9. The van der Waals surface area contributed by atoms with Crippen molar-refractivity contribution in [2.24, 2.45) is 5.92 Å². The third-order valence-electron chi connectivity index (χ3n) is 5.89. The summed E-state index contributed by atoms with van der Waals surface area (Å²) in [5.41, 5.74) is 2.23. The van der Waals surface area contributed by atoms with Gasteiger partial charge in [-0.05, 0) is 48.9 Å². The van der Waals surface area contributed by atoms with Gasteiger partial charge in [-0.25, -0.2) is 4.79 Å². The predicted octanol–water partition coefficient (Wildman–Crippen LogP) is 5.70. The van der Waals surface area contributed by atoms with Crippen molar-refractivity contribution in [3.63, 3.8) is 0 Å². The zero-order valence-corrected chi connectivity index (χ0v) is 19.1. The number of hydrogen-bond donors (Lipinski definition) is 0. The van der Waals surface area contributed by atoms with E-state index in [2.05, 4.69) is 40.2 Å². The Morgan fingerprint density at radius 3 is 2.33 bits per heavy atom. The van der Waals surface area contributed by atoms with Crippen molar-refractivity contribution in [3.05, 3.63) is 70.2 Å². The molecule has 0 bridgehead atoms. The summed E-state index contributed by atoms with van der Waals surface area (Å²) in [5.74, 6) is -0.626. The van der Waals surface area contributed by atoms with Gasteiger partial charge < -0.3 is 9.64 Å². The topological polar surface area (TPSA) is 46.6 Å². The molecule has 1 saturated carbocycles. The molecule has 0 aromatic heterocycles. The maximum Gasteiger partial charge on any atom is 0.397 e. The fourth-order valence-electron chi connectivity index (χ4n) is 4.36. The highest BCUT2D eigenvalue weighted by Crippen LogP contribution is 2.37. The van der Waals surface area contributed by atoms with Crippen LogP contribution in [-0.2, 0) is 20.9 Å². The molecule has 0 saturated heterocycles. The number of benzene rings is 2. The predicted molar refractivity (Wildman–Crippen MR) is 122 cm³/mol. The summed E-state index contributed by atoms with van der Waals surface area (Å²) in [6.45, 7) is 2.83. The molecule has 0 aliphatic heterocycles. The molecule has 1 atom stereocenters. The van der Waals surface area contributed by atoms with E-state index in [0.717, 1.165) is 22.9 Å². The molecule has 2 aromatic rings. The maximum atomic E-state index is 13.0. The average molecular weight is 472 g/mol. The Balaban J connectivity index is 1.88. The number of nitrogens with zero attached hydrogens (tertiary/aromatic N) is 1. The number of halogens is 1. The first kappa shape index (κ1) is 22.5. The van der Waals surface area contributed by atoms with E-state index in [-0.39, 0.29) is 12.5 Å². The fraction of sp³-hybridized carbons (Fsp3) is 0.440. The number of rotatable bonds is 7. The molecule has 1 amide bonds. The first-order valence-electron chi connectivity index (χ1n) is 10.8. The normalized spacial score (nSPS) is 15.4. The van der Waals surface area contributed by atoms with Crippen molar-refractivity contribution >= 4 is 27.8 Å². The number of ether oxygens (including phenoxy) is 1. The van der Waals surface area contributed by atoms with E-state index in [1.807, 2.05) is 30.3 Å². The van der Waals surface area contributed by atoms with Gasteiger partial charge in [0, 0.05) is 23.5 Å². The van der Waals surface area contributed by atoms with Gasteiger partial charge in [-0.3, -0.25) is 4.79 Å². The summed E-state index contributed by atoms with van der Waals surface area (Å²) in [7, 11) is 0. The van der Waals surface area contributed by atoms with Crippen LogP contribution in [0.4, 0.5) is 0 Å². The largest absolute Gasteiger partial charge is 0.459 e. The molecule has 1 fully saturated rings. The highest BCUT2D eigenvalue weighted by molar-refractivity contribution is 9.10. The molecule has 3 rings (SSSR count). The minimum absolute atomic E-state index is 0.195. The monoisotopic (exact) mass is 471 g/mol. The minimum atomic E-state index is -0.772. The molecule has 1 unspecified atom stereocenters. The van der Waals surface area contributed by atoms with Crippen molar-refractivity contribution < 1.29 is 14.3 Å². The van der Waals surface area contributed by atoms with Gasteiger partial charge >= 0.3 is 11.9 Å². The Morgan fingerprint density at radius 1 is 1.03 bits per heavy atom.